The number of hydrogen-bond donors (Lipinski definition) is 0. The molecule has 4 nitrogen and oxygen atoms in total. The topological polar surface area (TPSA) is 38.8 Å². The van der Waals surface area contributed by atoms with E-state index in [1.54, 1.807) is 30.6 Å². The summed E-state index contributed by atoms with van der Waals surface area (Å²) in [5, 5.41) is 0.403. The van der Waals surface area contributed by atoms with Crippen LogP contribution < -0.4 is 4.74 Å². The second-order valence-electron chi connectivity index (χ2n) is 5.12. The minimum absolute atomic E-state index is 0.182. The van der Waals surface area contributed by atoms with Gasteiger partial charge in [-0.3, -0.25) is 9.69 Å². The number of amides is 1. The summed E-state index contributed by atoms with van der Waals surface area (Å²) in [4.78, 5) is 14.1. The van der Waals surface area contributed by atoms with Crippen LogP contribution in [-0.4, -0.2) is 17.9 Å². The number of hydrogen-bond acceptors (Lipinski definition) is 3. The first-order valence-corrected chi connectivity index (χ1v) is 7.64. The predicted molar refractivity (Wildman–Crippen MR) is 88.9 cm³/mol. The first-order chi connectivity index (χ1) is 11.2. The van der Waals surface area contributed by atoms with Gasteiger partial charge in [0.1, 0.15) is 17.8 Å². The van der Waals surface area contributed by atoms with Crippen LogP contribution in [0.15, 0.2) is 66.4 Å². The number of methoxy groups -OCH3 is 1. The summed E-state index contributed by atoms with van der Waals surface area (Å²) in [7, 11) is 1.54. The molecule has 1 amide bonds. The Bertz CT molecular complexity index is 747. The Labute approximate surface area is 139 Å². The van der Waals surface area contributed by atoms with E-state index in [-0.39, 0.29) is 5.91 Å². The van der Waals surface area contributed by atoms with Crippen LogP contribution in [0.2, 0.25) is 5.02 Å². The summed E-state index contributed by atoms with van der Waals surface area (Å²) in [6.07, 6.45) is 12.8. The fourth-order valence-corrected chi connectivity index (χ4v) is 2.67. The molecule has 0 saturated heterocycles. The van der Waals surface area contributed by atoms with Crippen LogP contribution in [0, 0.1) is 0 Å². The van der Waals surface area contributed by atoms with E-state index in [1.165, 1.54) is 18.3 Å². The molecule has 0 fully saturated rings. The van der Waals surface area contributed by atoms with Gasteiger partial charge in [-0.05, 0) is 36.6 Å². The molecule has 1 aromatic rings. The second-order valence-corrected chi connectivity index (χ2v) is 5.52. The van der Waals surface area contributed by atoms with Crippen LogP contribution in [0.25, 0.3) is 0 Å². The highest BCUT2D eigenvalue weighted by molar-refractivity contribution is 6.32. The van der Waals surface area contributed by atoms with Crippen molar-refractivity contribution in [2.24, 2.45) is 0 Å². The van der Waals surface area contributed by atoms with E-state index < -0.39 is 0 Å². The molecule has 5 heteroatoms. The zero-order valence-corrected chi connectivity index (χ0v) is 13.4. The monoisotopic (exact) mass is 329 g/mol. The van der Waals surface area contributed by atoms with Crippen molar-refractivity contribution in [2.45, 2.75) is 12.8 Å². The van der Waals surface area contributed by atoms with Crippen molar-refractivity contribution in [3.8, 4) is 5.75 Å². The third kappa shape index (κ3) is 3.32. The third-order valence-electron chi connectivity index (χ3n) is 3.64. The van der Waals surface area contributed by atoms with E-state index in [4.69, 9.17) is 21.1 Å². The maximum absolute atomic E-state index is 12.6. The highest BCUT2D eigenvalue weighted by atomic mass is 35.5. The van der Waals surface area contributed by atoms with Crippen molar-refractivity contribution in [1.82, 2.24) is 4.90 Å². The molecule has 0 unspecified atom stereocenters. The van der Waals surface area contributed by atoms with Gasteiger partial charge >= 0.3 is 0 Å². The smallest absolute Gasteiger partial charge is 0.262 e. The van der Waals surface area contributed by atoms with Crippen LogP contribution in [0.4, 0.5) is 0 Å². The van der Waals surface area contributed by atoms with E-state index in [2.05, 4.69) is 6.08 Å². The Morgan fingerprint density at radius 1 is 1.39 bits per heavy atom. The molecule has 3 rings (SSSR count). The lowest BCUT2D eigenvalue weighted by atomic mass is 10.0. The largest absolute Gasteiger partial charge is 0.495 e. The molecule has 0 radical (unpaired) electrons. The van der Waals surface area contributed by atoms with Gasteiger partial charge < -0.3 is 9.47 Å². The zero-order chi connectivity index (χ0) is 16.2. The van der Waals surface area contributed by atoms with Crippen LogP contribution in [0.1, 0.15) is 23.2 Å². The maximum atomic E-state index is 12.6. The van der Waals surface area contributed by atoms with Gasteiger partial charge in [0.2, 0.25) is 0 Å². The predicted octanol–water partition coefficient (Wildman–Crippen LogP) is 4.41. The van der Waals surface area contributed by atoms with Crippen molar-refractivity contribution in [2.75, 3.05) is 7.11 Å². The van der Waals surface area contributed by atoms with Gasteiger partial charge in [-0.1, -0.05) is 29.8 Å². The minimum atomic E-state index is -0.182. The van der Waals surface area contributed by atoms with Gasteiger partial charge in [0, 0.05) is 11.8 Å². The third-order valence-corrected chi connectivity index (χ3v) is 3.93. The van der Waals surface area contributed by atoms with E-state index in [0.717, 1.165) is 18.4 Å². The summed E-state index contributed by atoms with van der Waals surface area (Å²) < 4.78 is 10.6. The summed E-state index contributed by atoms with van der Waals surface area (Å²) in [6, 6.07) is 4.97. The standard InChI is InChI=1S/C18H16ClNO3/c1-22-16-8-7-14(11-15(16)19)18(21)20-9-10-23-17(12-20)13-5-3-2-4-6-13/h2-3,5,7-12H,4,6H2,1H3. The Morgan fingerprint density at radius 3 is 2.96 bits per heavy atom. The van der Waals surface area contributed by atoms with Gasteiger partial charge in [-0.25, -0.2) is 0 Å². The number of ether oxygens (including phenoxy) is 2. The van der Waals surface area contributed by atoms with E-state index in [9.17, 15) is 4.79 Å². The Balaban J connectivity index is 1.84. The molecule has 1 aliphatic heterocycles. The number of halogens is 1. The zero-order valence-electron chi connectivity index (χ0n) is 12.7. The number of carbonyl (C=O) groups excluding carboxylic acids is 1. The van der Waals surface area contributed by atoms with Crippen molar-refractivity contribution >= 4 is 17.5 Å². The molecule has 1 heterocycles. The molecule has 1 aliphatic carbocycles. The van der Waals surface area contributed by atoms with Crippen LogP contribution >= 0.6 is 11.6 Å². The molecule has 1 aromatic carbocycles. The summed E-state index contributed by atoms with van der Waals surface area (Å²) >= 11 is 6.09. The van der Waals surface area contributed by atoms with Crippen LogP contribution in [-0.2, 0) is 4.74 Å². The first-order valence-electron chi connectivity index (χ1n) is 7.26. The Morgan fingerprint density at radius 2 is 2.26 bits per heavy atom. The lowest BCUT2D eigenvalue weighted by Gasteiger charge is -2.22. The number of benzene rings is 1. The molecular weight excluding hydrogens is 314 g/mol. The summed E-state index contributed by atoms with van der Waals surface area (Å²) in [6.45, 7) is 0. The molecule has 23 heavy (non-hydrogen) atoms. The van der Waals surface area contributed by atoms with Gasteiger partial charge in [0.05, 0.1) is 18.3 Å². The average molecular weight is 330 g/mol. The molecule has 0 atom stereocenters. The molecule has 0 bridgehead atoms. The van der Waals surface area contributed by atoms with Crippen molar-refractivity contribution in [3.05, 3.63) is 77.0 Å². The normalized spacial score (nSPS) is 16.5. The van der Waals surface area contributed by atoms with Crippen molar-refractivity contribution < 1.29 is 14.3 Å². The molecule has 118 valence electrons. The number of allylic oxidation sites excluding steroid dienone is 4. The SMILES string of the molecule is COc1ccc(C(=O)N2C=COC(C3=CC=CCC3)=C2)cc1Cl. The van der Waals surface area contributed by atoms with Gasteiger partial charge in [-0.15, -0.1) is 0 Å². The highest BCUT2D eigenvalue weighted by Crippen LogP contribution is 2.28. The number of rotatable bonds is 3. The van der Waals surface area contributed by atoms with Gasteiger partial charge in [0.25, 0.3) is 5.91 Å². The second kappa shape index (κ2) is 6.75. The quantitative estimate of drug-likeness (QED) is 0.824. The Kier molecular flexibility index (Phi) is 4.53. The van der Waals surface area contributed by atoms with Gasteiger partial charge in [0.15, 0.2) is 0 Å². The van der Waals surface area contributed by atoms with Crippen molar-refractivity contribution in [1.29, 1.82) is 0 Å². The lowest BCUT2D eigenvalue weighted by Crippen LogP contribution is -2.23. The first kappa shape index (κ1) is 15.4. The molecule has 2 aliphatic rings. The molecule has 0 spiro atoms. The Hall–Kier alpha value is -2.46. The number of nitrogens with zero attached hydrogens (tertiary/aromatic N) is 1. The molecule has 0 N–H and O–H groups in total. The highest BCUT2D eigenvalue weighted by Gasteiger charge is 2.19. The van der Waals surface area contributed by atoms with Crippen LogP contribution in [0.5, 0.6) is 5.75 Å². The fraction of sp³-hybridized carbons (Fsp3) is 0.167. The van der Waals surface area contributed by atoms with Crippen molar-refractivity contribution in [3.63, 3.8) is 0 Å². The van der Waals surface area contributed by atoms with Crippen LogP contribution in [0.3, 0.4) is 0 Å². The van der Waals surface area contributed by atoms with E-state index in [0.29, 0.717) is 22.1 Å². The minimum Gasteiger partial charge on any atom is -0.495 e. The van der Waals surface area contributed by atoms with Gasteiger partial charge in [-0.2, -0.15) is 0 Å². The summed E-state index contributed by atoms with van der Waals surface area (Å²) in [5.41, 5.74) is 1.55. The molecule has 0 saturated carbocycles. The molecule has 0 aromatic heterocycles. The number of carbonyl (C=O) groups is 1. The van der Waals surface area contributed by atoms with E-state index in [1.807, 2.05) is 12.2 Å². The van der Waals surface area contributed by atoms with E-state index >= 15 is 0 Å². The molecular formula is C18H16ClNO3. The lowest BCUT2D eigenvalue weighted by molar-refractivity contribution is 0.0855. The summed E-state index contributed by atoms with van der Waals surface area (Å²) in [5.74, 6) is 1.04. The maximum Gasteiger partial charge on any atom is 0.262 e. The average Bonchev–Trinajstić information content (AvgIpc) is 2.62. The fourth-order valence-electron chi connectivity index (χ4n) is 2.41.